The Kier molecular flexibility index (Phi) is 6.95. The second-order valence-electron chi connectivity index (χ2n) is 6.58. The lowest BCUT2D eigenvalue weighted by molar-refractivity contribution is -0.123. The second kappa shape index (κ2) is 10.0. The fraction of sp³-hybridized carbons (Fsp3) is 0.125. The lowest BCUT2D eigenvalue weighted by atomic mass is 10.1. The van der Waals surface area contributed by atoms with Crippen molar-refractivity contribution < 1.29 is 23.9 Å². The van der Waals surface area contributed by atoms with E-state index in [4.69, 9.17) is 9.47 Å². The molecule has 0 radical (unpaired) electrons. The molecule has 1 N–H and O–H groups in total. The maximum Gasteiger partial charge on any atom is 0.338 e. The van der Waals surface area contributed by atoms with Gasteiger partial charge in [-0.05, 0) is 48.9 Å². The number of rotatable bonds is 8. The summed E-state index contributed by atoms with van der Waals surface area (Å²) in [4.78, 5) is 35.1. The molecule has 0 aliphatic carbocycles. The minimum absolute atomic E-state index is 0.264. The zero-order valence-corrected chi connectivity index (χ0v) is 16.4. The quantitative estimate of drug-likeness (QED) is 0.449. The minimum atomic E-state index is -0.989. The van der Waals surface area contributed by atoms with Crippen LogP contribution in [0.1, 0.15) is 33.2 Å². The number of anilines is 1. The summed E-state index contributed by atoms with van der Waals surface area (Å²) in [5.41, 5.74) is 2.34. The standard InChI is InChI=1S/C24H21NO5/c1-17(30-24(28)20-9-7-18(15-26)8-10-20)23(27)25-21-11-13-22(14-12-21)29-16-19-5-3-2-4-6-19/h2-15,17H,16H2,1H3,(H,25,27)/t17-/m0/s1. The van der Waals surface area contributed by atoms with Gasteiger partial charge < -0.3 is 14.8 Å². The van der Waals surface area contributed by atoms with E-state index in [9.17, 15) is 14.4 Å². The third kappa shape index (κ3) is 5.78. The van der Waals surface area contributed by atoms with E-state index in [1.54, 1.807) is 24.3 Å². The van der Waals surface area contributed by atoms with Crippen molar-refractivity contribution in [3.05, 3.63) is 95.6 Å². The van der Waals surface area contributed by atoms with Gasteiger partial charge in [-0.3, -0.25) is 9.59 Å². The second-order valence-corrected chi connectivity index (χ2v) is 6.58. The molecule has 1 amide bonds. The van der Waals surface area contributed by atoms with Gasteiger partial charge in [0.15, 0.2) is 6.10 Å². The number of esters is 1. The molecule has 0 fully saturated rings. The molecule has 0 aliphatic heterocycles. The molecule has 0 saturated carbocycles. The highest BCUT2D eigenvalue weighted by Crippen LogP contribution is 2.18. The molecule has 0 saturated heterocycles. The van der Waals surface area contributed by atoms with Gasteiger partial charge in [-0.25, -0.2) is 4.79 Å². The fourth-order valence-electron chi connectivity index (χ4n) is 2.60. The summed E-state index contributed by atoms with van der Waals surface area (Å²) in [5, 5.41) is 2.70. The molecule has 0 unspecified atom stereocenters. The molecule has 0 heterocycles. The van der Waals surface area contributed by atoms with E-state index >= 15 is 0 Å². The molecular weight excluding hydrogens is 382 g/mol. The van der Waals surface area contributed by atoms with Gasteiger partial charge in [0.25, 0.3) is 5.91 Å². The molecule has 0 aromatic heterocycles. The summed E-state index contributed by atoms with van der Waals surface area (Å²) in [5.74, 6) is -0.416. The first-order chi connectivity index (χ1) is 14.5. The van der Waals surface area contributed by atoms with Crippen LogP contribution in [-0.2, 0) is 16.1 Å². The molecule has 3 rings (SSSR count). The number of carbonyl (C=O) groups is 3. The van der Waals surface area contributed by atoms with Gasteiger partial charge in [0.2, 0.25) is 0 Å². The molecule has 30 heavy (non-hydrogen) atoms. The summed E-state index contributed by atoms with van der Waals surface area (Å²) in [6, 6.07) is 22.7. The van der Waals surface area contributed by atoms with E-state index in [2.05, 4.69) is 5.32 Å². The van der Waals surface area contributed by atoms with Crippen molar-refractivity contribution in [2.75, 3.05) is 5.32 Å². The van der Waals surface area contributed by atoms with Crippen LogP contribution in [0.15, 0.2) is 78.9 Å². The van der Waals surface area contributed by atoms with Crippen molar-refractivity contribution >= 4 is 23.9 Å². The Morgan fingerprint density at radius 1 is 0.933 bits per heavy atom. The molecule has 3 aromatic carbocycles. The lowest BCUT2D eigenvalue weighted by Gasteiger charge is -2.14. The number of amides is 1. The lowest BCUT2D eigenvalue weighted by Crippen LogP contribution is -2.30. The molecule has 0 spiro atoms. The minimum Gasteiger partial charge on any atom is -0.489 e. The van der Waals surface area contributed by atoms with Crippen molar-refractivity contribution in [1.82, 2.24) is 0 Å². The number of nitrogens with one attached hydrogen (secondary N) is 1. The van der Waals surface area contributed by atoms with Gasteiger partial charge in [0.05, 0.1) is 5.56 Å². The van der Waals surface area contributed by atoms with E-state index in [0.29, 0.717) is 29.9 Å². The van der Waals surface area contributed by atoms with Crippen LogP contribution in [0.5, 0.6) is 5.75 Å². The molecule has 0 bridgehead atoms. The number of benzene rings is 3. The summed E-state index contributed by atoms with van der Waals surface area (Å²) in [6.45, 7) is 1.94. The molecule has 3 aromatic rings. The van der Waals surface area contributed by atoms with E-state index in [-0.39, 0.29) is 5.56 Å². The van der Waals surface area contributed by atoms with Crippen molar-refractivity contribution in [1.29, 1.82) is 0 Å². The zero-order valence-electron chi connectivity index (χ0n) is 16.4. The monoisotopic (exact) mass is 403 g/mol. The Balaban J connectivity index is 1.50. The predicted octanol–water partition coefficient (Wildman–Crippen LogP) is 4.26. The Morgan fingerprint density at radius 3 is 2.23 bits per heavy atom. The maximum atomic E-state index is 12.3. The first-order valence-corrected chi connectivity index (χ1v) is 9.39. The van der Waals surface area contributed by atoms with Crippen LogP contribution in [0.25, 0.3) is 0 Å². The Morgan fingerprint density at radius 2 is 1.60 bits per heavy atom. The van der Waals surface area contributed by atoms with Gasteiger partial charge in [-0.2, -0.15) is 0 Å². The fourth-order valence-corrected chi connectivity index (χ4v) is 2.60. The van der Waals surface area contributed by atoms with Gasteiger partial charge in [-0.1, -0.05) is 42.5 Å². The molecule has 6 heteroatoms. The number of hydrogen-bond acceptors (Lipinski definition) is 5. The maximum absolute atomic E-state index is 12.3. The molecule has 152 valence electrons. The highest BCUT2D eigenvalue weighted by atomic mass is 16.5. The summed E-state index contributed by atoms with van der Waals surface area (Å²) in [7, 11) is 0. The van der Waals surface area contributed by atoms with E-state index in [0.717, 1.165) is 5.56 Å². The van der Waals surface area contributed by atoms with Crippen molar-refractivity contribution in [3.63, 3.8) is 0 Å². The van der Waals surface area contributed by atoms with Gasteiger partial charge in [-0.15, -0.1) is 0 Å². The number of aldehydes is 1. The topological polar surface area (TPSA) is 81.7 Å². The summed E-state index contributed by atoms with van der Waals surface area (Å²) in [6.07, 6.45) is -0.305. The first kappa shape index (κ1) is 20.8. The van der Waals surface area contributed by atoms with Crippen LogP contribution in [0.4, 0.5) is 5.69 Å². The number of ether oxygens (including phenoxy) is 2. The van der Waals surface area contributed by atoms with Gasteiger partial charge in [0, 0.05) is 11.3 Å². The van der Waals surface area contributed by atoms with Crippen LogP contribution < -0.4 is 10.1 Å². The average Bonchev–Trinajstić information content (AvgIpc) is 2.79. The molecule has 1 atom stereocenters. The molecule has 6 nitrogen and oxygen atoms in total. The van der Waals surface area contributed by atoms with Crippen LogP contribution in [-0.4, -0.2) is 24.3 Å². The molecule has 0 aliphatic rings. The highest BCUT2D eigenvalue weighted by Gasteiger charge is 2.19. The van der Waals surface area contributed by atoms with Crippen LogP contribution in [0.3, 0.4) is 0 Å². The van der Waals surface area contributed by atoms with Crippen molar-refractivity contribution in [2.24, 2.45) is 0 Å². The van der Waals surface area contributed by atoms with Gasteiger partial charge in [0.1, 0.15) is 18.6 Å². The van der Waals surface area contributed by atoms with E-state index in [1.807, 2.05) is 30.3 Å². The van der Waals surface area contributed by atoms with E-state index < -0.39 is 18.0 Å². The third-order valence-corrected chi connectivity index (χ3v) is 4.31. The smallest absolute Gasteiger partial charge is 0.338 e. The Labute approximate surface area is 174 Å². The van der Waals surface area contributed by atoms with E-state index in [1.165, 1.54) is 31.2 Å². The van der Waals surface area contributed by atoms with Crippen LogP contribution in [0, 0.1) is 0 Å². The van der Waals surface area contributed by atoms with Crippen molar-refractivity contribution in [3.8, 4) is 5.75 Å². The van der Waals surface area contributed by atoms with Crippen LogP contribution >= 0.6 is 0 Å². The van der Waals surface area contributed by atoms with Crippen LogP contribution in [0.2, 0.25) is 0 Å². The average molecular weight is 403 g/mol. The van der Waals surface area contributed by atoms with Gasteiger partial charge >= 0.3 is 5.97 Å². The largest absolute Gasteiger partial charge is 0.489 e. The summed E-state index contributed by atoms with van der Waals surface area (Å²) < 4.78 is 10.9. The SMILES string of the molecule is C[C@H](OC(=O)c1ccc(C=O)cc1)C(=O)Nc1ccc(OCc2ccccc2)cc1. The Bertz CT molecular complexity index is 998. The zero-order chi connectivity index (χ0) is 21.3. The Hall–Kier alpha value is -3.93. The normalized spacial score (nSPS) is 11.2. The number of carbonyl (C=O) groups excluding carboxylic acids is 3. The number of hydrogen-bond donors (Lipinski definition) is 1. The summed E-state index contributed by atoms with van der Waals surface area (Å²) >= 11 is 0. The molecular formula is C24H21NO5. The third-order valence-electron chi connectivity index (χ3n) is 4.31. The first-order valence-electron chi connectivity index (χ1n) is 9.39. The van der Waals surface area contributed by atoms with Crippen molar-refractivity contribution in [2.45, 2.75) is 19.6 Å². The predicted molar refractivity (Wildman–Crippen MR) is 113 cm³/mol. The highest BCUT2D eigenvalue weighted by molar-refractivity contribution is 5.97.